The summed E-state index contributed by atoms with van der Waals surface area (Å²) < 4.78 is 12.7. The van der Waals surface area contributed by atoms with Crippen molar-refractivity contribution in [3.63, 3.8) is 0 Å². The third kappa shape index (κ3) is 13.3. The summed E-state index contributed by atoms with van der Waals surface area (Å²) in [6.07, 6.45) is 27.6. The van der Waals surface area contributed by atoms with E-state index < -0.39 is 11.2 Å². The first-order valence-electron chi connectivity index (χ1n) is 26.5. The van der Waals surface area contributed by atoms with Crippen LogP contribution >= 0.6 is 15.9 Å². The molecule has 16 atom stereocenters. The van der Waals surface area contributed by atoms with Crippen LogP contribution in [0.25, 0.3) is 0 Å². The Bertz CT molecular complexity index is 2060. The molecule has 2 aromatic rings. The molecule has 10 rings (SSSR count). The van der Waals surface area contributed by atoms with Crippen molar-refractivity contribution in [1.29, 1.82) is 0 Å². The van der Waals surface area contributed by atoms with Crippen LogP contribution < -0.4 is 108 Å². The Morgan fingerprint density at radius 2 is 1.18 bits per heavy atom. The number of nitrogens with zero attached hydrogens (tertiary/aromatic N) is 3. The van der Waals surface area contributed by atoms with Crippen LogP contribution in [-0.2, 0) is 35.3 Å². The van der Waals surface area contributed by atoms with Gasteiger partial charge in [0.2, 0.25) is 0 Å². The number of methoxy groups -OCH3 is 2. The molecule has 0 amide bonds. The van der Waals surface area contributed by atoms with Gasteiger partial charge in [0.05, 0.1) is 36.3 Å². The zero-order valence-electron chi connectivity index (χ0n) is 46.2. The molecule has 13 nitrogen and oxygen atoms in total. The minimum absolute atomic E-state index is 0. The molecule has 0 unspecified atom stereocenters. The number of ether oxygens (including phenoxy) is 2. The number of aromatic nitrogens is 4. The number of alkyl halides is 1. The van der Waals surface area contributed by atoms with Crippen LogP contribution in [0.5, 0.6) is 0 Å². The maximum absolute atomic E-state index is 13.4. The van der Waals surface area contributed by atoms with Gasteiger partial charge >= 0.3 is 103 Å². The molecule has 8 fully saturated rings. The van der Waals surface area contributed by atoms with Crippen LogP contribution in [0.1, 0.15) is 164 Å². The number of rotatable bonds is 10. The second kappa shape index (κ2) is 27.3. The number of aryl methyl sites for hydroxylation is 2. The van der Waals surface area contributed by atoms with Crippen molar-refractivity contribution in [1.82, 2.24) is 19.5 Å². The topological polar surface area (TPSA) is 189 Å². The van der Waals surface area contributed by atoms with E-state index in [1.54, 1.807) is 32.8 Å². The fourth-order valence-electron chi connectivity index (χ4n) is 17.8. The summed E-state index contributed by atoms with van der Waals surface area (Å²) in [6, 6.07) is 0. The Labute approximate surface area is 527 Å². The normalized spacial score (nSPS) is 40.8. The van der Waals surface area contributed by atoms with Crippen LogP contribution in [-0.4, -0.2) is 91.7 Å². The fraction of sp³-hybridized carbons (Fsp3) is 0.839. The monoisotopic (exact) mass is 1120 g/mol. The van der Waals surface area contributed by atoms with Crippen LogP contribution in [0.15, 0.2) is 24.8 Å². The summed E-state index contributed by atoms with van der Waals surface area (Å²) in [5.41, 5.74) is -0.176. The number of Topliss-reactive ketones (excluding diaryl/α,β-unsaturated/α-hetero) is 2. The van der Waals surface area contributed by atoms with Crippen molar-refractivity contribution in [2.24, 2.45) is 80.8 Å². The Kier molecular flexibility index (Phi) is 24.8. The summed E-state index contributed by atoms with van der Waals surface area (Å²) >= 11 is 3.43. The number of imidazole rings is 2. The van der Waals surface area contributed by atoms with E-state index in [1.165, 1.54) is 64.2 Å². The summed E-state index contributed by atoms with van der Waals surface area (Å²) in [6.45, 7) is 15.1. The van der Waals surface area contributed by atoms with E-state index in [4.69, 9.17) is 19.5 Å². The number of H-pyrrole nitrogens is 1. The number of hydrogen-bond acceptors (Lipinski definition) is 11. The molecule has 0 spiro atoms. The van der Waals surface area contributed by atoms with Gasteiger partial charge in [0, 0.05) is 50.8 Å². The third-order valence-corrected chi connectivity index (χ3v) is 21.9. The molecular formula is C56H91BrK2N4O9. The van der Waals surface area contributed by atoms with Gasteiger partial charge in [-0.15, -0.1) is 0 Å². The Balaban J connectivity index is 0.000000312. The molecule has 2 heterocycles. The van der Waals surface area contributed by atoms with Gasteiger partial charge in [0.15, 0.2) is 5.78 Å². The fourth-order valence-corrected chi connectivity index (χ4v) is 18.2. The van der Waals surface area contributed by atoms with E-state index in [-0.39, 0.29) is 141 Å². The van der Waals surface area contributed by atoms with Crippen molar-refractivity contribution in [3.05, 3.63) is 36.4 Å². The predicted molar refractivity (Wildman–Crippen MR) is 273 cm³/mol. The van der Waals surface area contributed by atoms with Gasteiger partial charge in [-0.25, -0.2) is 9.97 Å². The average molecular weight is 1120 g/mol. The molecule has 3 N–H and O–H groups in total. The zero-order valence-corrected chi connectivity index (χ0v) is 53.0. The zero-order chi connectivity index (χ0) is 50.0. The van der Waals surface area contributed by atoms with Gasteiger partial charge in [-0.05, 0) is 198 Å². The number of carbonyl (C=O) groups is 3. The van der Waals surface area contributed by atoms with Gasteiger partial charge in [-0.2, -0.15) is 0 Å². The Morgan fingerprint density at radius 1 is 0.722 bits per heavy atom. The molecule has 8 saturated carbocycles. The molecule has 72 heavy (non-hydrogen) atoms. The first-order valence-corrected chi connectivity index (χ1v) is 27.6. The third-order valence-electron chi connectivity index (χ3n) is 21.3. The van der Waals surface area contributed by atoms with E-state index in [0.29, 0.717) is 65.2 Å². The molecule has 8 aliphatic carbocycles. The number of hydrogen-bond donors (Lipinski definition) is 3. The van der Waals surface area contributed by atoms with Crippen molar-refractivity contribution < 1.29 is 148 Å². The molecule has 0 aromatic carbocycles. The van der Waals surface area contributed by atoms with E-state index in [0.717, 1.165) is 92.6 Å². The van der Waals surface area contributed by atoms with E-state index in [2.05, 4.69) is 63.5 Å². The largest absolute Gasteiger partial charge is 1.00 e. The number of fused-ring (bicyclic) bond motifs is 10. The number of halogens is 1. The molecule has 0 saturated heterocycles. The number of carbonyl (C=O) groups excluding carboxylic acids is 3. The maximum Gasteiger partial charge on any atom is 1.00 e. The smallest absolute Gasteiger partial charge is 1.00 e. The van der Waals surface area contributed by atoms with E-state index >= 15 is 0 Å². The summed E-state index contributed by atoms with van der Waals surface area (Å²) in [4.78, 5) is 48.3. The van der Waals surface area contributed by atoms with Gasteiger partial charge in [0.25, 0.3) is 6.47 Å². The second-order valence-electron chi connectivity index (χ2n) is 24.4. The summed E-state index contributed by atoms with van der Waals surface area (Å²) in [7, 11) is 3.41. The minimum atomic E-state index is -0.634. The molecule has 0 radical (unpaired) electrons. The first-order chi connectivity index (χ1) is 32.8. The number of aliphatic hydroxyl groups is 2. The SMILES string of the molecule is C.COC[C@@]1(O)CC[C@@]2(C)[C@@H](CC[C@@H]3[C@@H]2CC[C@]2(C)[C@@H](C(=O)CBr)CC[C@@H]32)C1.COC[C@@]1(O)CC[C@@]2(C)[C@@H](CC[C@@H]3[C@@H]2CC[C@]2(C)[C@@H](C(=O)Cn4ccnc4C)CC[C@@H]32)C1.Cc1ncc[nH]1.O=CO[O-].[H-].[K+].[K+]. The minimum Gasteiger partial charge on any atom is -1.00 e. The molecule has 398 valence electrons. The van der Waals surface area contributed by atoms with Crippen LogP contribution in [0.3, 0.4) is 0 Å². The van der Waals surface area contributed by atoms with E-state index in [9.17, 15) is 19.8 Å². The summed E-state index contributed by atoms with van der Waals surface area (Å²) in [5.74, 6) is 8.89. The Morgan fingerprint density at radius 3 is 1.54 bits per heavy atom. The Hall–Kier alpha value is 0.783. The van der Waals surface area contributed by atoms with Gasteiger partial charge in [-0.3, -0.25) is 14.4 Å². The molecule has 0 bridgehead atoms. The summed E-state index contributed by atoms with van der Waals surface area (Å²) in [5, 5.41) is 31.0. The number of ketones is 2. The number of aromatic amines is 1. The van der Waals surface area contributed by atoms with E-state index in [1.807, 2.05) is 24.6 Å². The quantitative estimate of drug-likeness (QED) is 0.104. The molecular weight excluding hydrogens is 1030 g/mol. The van der Waals surface area contributed by atoms with Crippen LogP contribution in [0.4, 0.5) is 0 Å². The van der Waals surface area contributed by atoms with Crippen molar-refractivity contribution in [2.75, 3.05) is 32.8 Å². The first kappa shape index (κ1) is 65.3. The maximum atomic E-state index is 13.4. The second-order valence-corrected chi connectivity index (χ2v) is 25.0. The predicted octanol–water partition coefficient (Wildman–Crippen LogP) is 3.69. The van der Waals surface area contributed by atoms with Gasteiger partial charge in [0.1, 0.15) is 17.4 Å². The molecule has 0 aliphatic heterocycles. The molecule has 2 aromatic heterocycles. The van der Waals surface area contributed by atoms with Crippen molar-refractivity contribution in [3.8, 4) is 0 Å². The average Bonchev–Trinajstić information content (AvgIpc) is 4.13. The molecule has 16 heteroatoms. The van der Waals surface area contributed by atoms with Gasteiger partial charge in [-0.1, -0.05) is 51.1 Å². The van der Waals surface area contributed by atoms with Crippen molar-refractivity contribution in [2.45, 2.75) is 182 Å². The number of nitrogens with one attached hydrogen (secondary N) is 1. The van der Waals surface area contributed by atoms with Crippen molar-refractivity contribution >= 4 is 34.0 Å². The van der Waals surface area contributed by atoms with Gasteiger partial charge < -0.3 is 40.8 Å². The standard InChI is InChI=1S/C27H42N2O3.C23H37BrO3.C4H6N2.CH2O3.CH4.2K.H/c1-18-28-13-14-29(18)16-24(30)23-8-7-21-20-6-5-19-15-27(31,17-32-4)12-11-25(19,2)22(20)9-10-26(21,23)3;1-21-10-11-23(26,14-27-3)12-15(21)4-5-16-17-6-7-19(20(25)13-24)22(17,2)9-8-18(16)21;1-4-5-2-3-6-4;2-1-4-3;;;;/h13-14,19-23,31H,5-12,15-17H2,1-4H3;15-19,26H,4-14H2,1-3H3;2-3H,1H3,(H,5,6);1,3H;1H4;;;/q;;;;;2*+1;-1/p-1/t19-,20-,21-,22-,23+,25-,26-,27+;15-,16-,17-,18-,19+,21-,22-,23+;;;;;;/m00....../s1. The molecule has 8 aliphatic rings. The van der Waals surface area contributed by atoms with Crippen LogP contribution in [0, 0.1) is 94.7 Å². The van der Waals surface area contributed by atoms with Crippen LogP contribution in [0.2, 0.25) is 0 Å².